The highest BCUT2D eigenvalue weighted by atomic mass is 16.5. The summed E-state index contributed by atoms with van der Waals surface area (Å²) in [6.07, 6.45) is 0.817. The molecule has 6 heteroatoms. The lowest BCUT2D eigenvalue weighted by Gasteiger charge is -2.08. The van der Waals surface area contributed by atoms with Gasteiger partial charge in [0, 0.05) is 13.5 Å². The first-order chi connectivity index (χ1) is 12.5. The molecule has 0 saturated carbocycles. The predicted molar refractivity (Wildman–Crippen MR) is 96.8 cm³/mol. The van der Waals surface area contributed by atoms with Crippen molar-refractivity contribution in [2.75, 3.05) is 13.2 Å². The van der Waals surface area contributed by atoms with Gasteiger partial charge in [0.15, 0.2) is 6.61 Å². The molecule has 0 spiro atoms. The Hall–Kier alpha value is -3.15. The average Bonchev–Trinajstić information content (AvgIpc) is 2.64. The first-order valence-electron chi connectivity index (χ1n) is 8.32. The number of carbonyl (C=O) groups excluding carboxylic acids is 3. The normalized spacial score (nSPS) is 10.1. The highest BCUT2D eigenvalue weighted by Crippen LogP contribution is 2.23. The van der Waals surface area contributed by atoms with Crippen molar-refractivity contribution in [1.29, 1.82) is 0 Å². The van der Waals surface area contributed by atoms with Gasteiger partial charge in [0.25, 0.3) is 5.91 Å². The summed E-state index contributed by atoms with van der Waals surface area (Å²) in [4.78, 5) is 34.6. The van der Waals surface area contributed by atoms with Crippen molar-refractivity contribution < 1.29 is 23.9 Å². The van der Waals surface area contributed by atoms with Crippen molar-refractivity contribution >= 4 is 17.8 Å². The molecule has 2 rings (SSSR count). The SMILES string of the molecule is CCCNC(=O)COC(=O)c1cccc(-c2ccc(OC(C)=O)cc2)c1. The van der Waals surface area contributed by atoms with Crippen LogP contribution in [-0.4, -0.2) is 31.0 Å². The second-order valence-electron chi connectivity index (χ2n) is 5.62. The van der Waals surface area contributed by atoms with Crippen LogP contribution in [0, 0.1) is 0 Å². The lowest BCUT2D eigenvalue weighted by molar-refractivity contribution is -0.131. The Morgan fingerprint density at radius 1 is 1.00 bits per heavy atom. The molecule has 6 nitrogen and oxygen atoms in total. The van der Waals surface area contributed by atoms with Gasteiger partial charge in [-0.1, -0.05) is 31.2 Å². The number of benzene rings is 2. The molecule has 136 valence electrons. The molecule has 0 radical (unpaired) electrons. The summed E-state index contributed by atoms with van der Waals surface area (Å²) >= 11 is 0. The van der Waals surface area contributed by atoms with Crippen LogP contribution in [0.25, 0.3) is 11.1 Å². The molecule has 0 heterocycles. The third kappa shape index (κ3) is 5.73. The maximum atomic E-state index is 12.1. The zero-order chi connectivity index (χ0) is 18.9. The predicted octanol–water partition coefficient (Wildman–Crippen LogP) is 2.96. The van der Waals surface area contributed by atoms with Crippen molar-refractivity contribution in [3.8, 4) is 16.9 Å². The topological polar surface area (TPSA) is 81.7 Å². The smallest absolute Gasteiger partial charge is 0.338 e. The molecule has 0 aliphatic carbocycles. The van der Waals surface area contributed by atoms with Crippen LogP contribution in [0.4, 0.5) is 0 Å². The van der Waals surface area contributed by atoms with E-state index < -0.39 is 5.97 Å². The van der Waals surface area contributed by atoms with Crippen LogP contribution in [-0.2, 0) is 14.3 Å². The molecular formula is C20H21NO5. The standard InChI is InChI=1S/C20H21NO5/c1-3-11-21-19(23)13-25-20(24)17-6-4-5-16(12-17)15-7-9-18(10-8-15)26-14(2)22/h4-10,12H,3,11,13H2,1-2H3,(H,21,23). The minimum atomic E-state index is -0.560. The fraction of sp³-hybridized carbons (Fsp3) is 0.250. The van der Waals surface area contributed by atoms with Crippen molar-refractivity contribution in [3.63, 3.8) is 0 Å². The van der Waals surface area contributed by atoms with Crippen molar-refractivity contribution in [2.45, 2.75) is 20.3 Å². The molecule has 0 aliphatic heterocycles. The maximum Gasteiger partial charge on any atom is 0.338 e. The fourth-order valence-electron chi connectivity index (χ4n) is 2.24. The molecule has 0 atom stereocenters. The third-order valence-corrected chi connectivity index (χ3v) is 3.45. The molecule has 1 amide bonds. The highest BCUT2D eigenvalue weighted by Gasteiger charge is 2.11. The van der Waals surface area contributed by atoms with Gasteiger partial charge in [-0.05, 0) is 41.8 Å². The highest BCUT2D eigenvalue weighted by molar-refractivity contribution is 5.92. The van der Waals surface area contributed by atoms with Gasteiger partial charge in [0.05, 0.1) is 5.56 Å². The molecule has 2 aromatic rings. The molecule has 0 aromatic heterocycles. The Morgan fingerprint density at radius 2 is 1.73 bits per heavy atom. The van der Waals surface area contributed by atoms with Crippen LogP contribution in [0.3, 0.4) is 0 Å². The van der Waals surface area contributed by atoms with Crippen LogP contribution in [0.2, 0.25) is 0 Å². The first-order valence-corrected chi connectivity index (χ1v) is 8.32. The zero-order valence-corrected chi connectivity index (χ0v) is 14.8. The summed E-state index contributed by atoms with van der Waals surface area (Å²) in [6.45, 7) is 3.53. The summed E-state index contributed by atoms with van der Waals surface area (Å²) in [6, 6.07) is 13.9. The number of ether oxygens (including phenoxy) is 2. The summed E-state index contributed by atoms with van der Waals surface area (Å²) < 4.78 is 10.0. The van der Waals surface area contributed by atoms with Crippen LogP contribution in [0.5, 0.6) is 5.75 Å². The average molecular weight is 355 g/mol. The molecule has 0 bridgehead atoms. The van der Waals surface area contributed by atoms with Gasteiger partial charge in [-0.15, -0.1) is 0 Å². The fourth-order valence-corrected chi connectivity index (χ4v) is 2.24. The van der Waals surface area contributed by atoms with Crippen LogP contribution < -0.4 is 10.1 Å². The Bertz CT molecular complexity index is 783. The van der Waals surface area contributed by atoms with Crippen LogP contribution in [0.15, 0.2) is 48.5 Å². The van der Waals surface area contributed by atoms with E-state index in [0.717, 1.165) is 17.5 Å². The molecule has 0 aliphatic rings. The van der Waals surface area contributed by atoms with E-state index in [1.807, 2.05) is 13.0 Å². The lowest BCUT2D eigenvalue weighted by Crippen LogP contribution is -2.29. The van der Waals surface area contributed by atoms with Crippen LogP contribution >= 0.6 is 0 Å². The summed E-state index contributed by atoms with van der Waals surface area (Å²) in [5.74, 6) is -0.812. The number of amides is 1. The van der Waals surface area contributed by atoms with Gasteiger partial charge in [0.1, 0.15) is 5.75 Å². The third-order valence-electron chi connectivity index (χ3n) is 3.45. The number of hydrogen-bond acceptors (Lipinski definition) is 5. The van der Waals surface area contributed by atoms with Gasteiger partial charge < -0.3 is 14.8 Å². The number of carbonyl (C=O) groups is 3. The first kappa shape index (κ1) is 19.2. The largest absolute Gasteiger partial charge is 0.452 e. The number of hydrogen-bond donors (Lipinski definition) is 1. The summed E-state index contributed by atoms with van der Waals surface area (Å²) in [7, 11) is 0. The second-order valence-corrected chi connectivity index (χ2v) is 5.62. The van der Waals surface area contributed by atoms with E-state index in [0.29, 0.717) is 17.9 Å². The van der Waals surface area contributed by atoms with Gasteiger partial charge >= 0.3 is 11.9 Å². The Kier molecular flexibility index (Phi) is 6.91. The Balaban J connectivity index is 2.03. The van der Waals surface area contributed by atoms with Crippen molar-refractivity contribution in [3.05, 3.63) is 54.1 Å². The quantitative estimate of drug-likeness (QED) is 0.610. The molecule has 26 heavy (non-hydrogen) atoms. The molecule has 1 N–H and O–H groups in total. The zero-order valence-electron chi connectivity index (χ0n) is 14.8. The maximum absolute atomic E-state index is 12.1. The van der Waals surface area contributed by atoms with Gasteiger partial charge in [-0.25, -0.2) is 4.79 Å². The molecule has 0 unspecified atom stereocenters. The number of nitrogens with one attached hydrogen (secondary N) is 1. The lowest BCUT2D eigenvalue weighted by atomic mass is 10.0. The monoisotopic (exact) mass is 355 g/mol. The van der Waals surface area contributed by atoms with Crippen molar-refractivity contribution in [1.82, 2.24) is 5.32 Å². The minimum Gasteiger partial charge on any atom is -0.452 e. The van der Waals surface area contributed by atoms with E-state index in [2.05, 4.69) is 5.32 Å². The van der Waals surface area contributed by atoms with E-state index in [1.165, 1.54) is 6.92 Å². The van der Waals surface area contributed by atoms with Gasteiger partial charge in [-0.2, -0.15) is 0 Å². The summed E-state index contributed by atoms with van der Waals surface area (Å²) in [5, 5.41) is 2.64. The van der Waals surface area contributed by atoms with E-state index in [-0.39, 0.29) is 18.5 Å². The Labute approximate surface area is 152 Å². The molecule has 0 fully saturated rings. The second kappa shape index (κ2) is 9.36. The molecular weight excluding hydrogens is 334 g/mol. The van der Waals surface area contributed by atoms with Crippen molar-refractivity contribution in [2.24, 2.45) is 0 Å². The number of esters is 2. The van der Waals surface area contributed by atoms with E-state index >= 15 is 0 Å². The molecule has 0 saturated heterocycles. The minimum absolute atomic E-state index is 0.305. The van der Waals surface area contributed by atoms with E-state index in [4.69, 9.17) is 9.47 Å². The van der Waals surface area contributed by atoms with E-state index in [1.54, 1.807) is 42.5 Å². The van der Waals surface area contributed by atoms with Crippen LogP contribution in [0.1, 0.15) is 30.6 Å². The molecule has 2 aromatic carbocycles. The Morgan fingerprint density at radius 3 is 2.38 bits per heavy atom. The summed E-state index contributed by atoms with van der Waals surface area (Å²) in [5.41, 5.74) is 2.02. The number of rotatable bonds is 7. The van der Waals surface area contributed by atoms with E-state index in [9.17, 15) is 14.4 Å². The van der Waals surface area contributed by atoms with Gasteiger partial charge in [0.2, 0.25) is 0 Å². The van der Waals surface area contributed by atoms with Gasteiger partial charge in [-0.3, -0.25) is 9.59 Å².